The van der Waals surface area contributed by atoms with E-state index >= 15 is 0 Å². The van der Waals surface area contributed by atoms with Gasteiger partial charge in [0.25, 0.3) is 0 Å². The first-order chi connectivity index (χ1) is 11.1. The highest BCUT2D eigenvalue weighted by molar-refractivity contribution is 5.89. The number of rotatable bonds is 3. The number of amides is 1. The minimum atomic E-state index is -1.07. The van der Waals surface area contributed by atoms with E-state index in [1.807, 2.05) is 4.90 Å². The summed E-state index contributed by atoms with van der Waals surface area (Å²) in [6, 6.07) is 3.41. The summed E-state index contributed by atoms with van der Waals surface area (Å²) in [5.74, 6) is 2.48. The number of hydrogen-bond donors (Lipinski definition) is 1. The highest BCUT2D eigenvalue weighted by atomic mass is 16.4. The van der Waals surface area contributed by atoms with E-state index in [2.05, 4.69) is 10.9 Å². The lowest BCUT2D eigenvalue weighted by atomic mass is 10.2. The number of carbonyl (C=O) groups is 2. The molecule has 2 aromatic rings. The highest BCUT2D eigenvalue weighted by Crippen LogP contribution is 2.20. The van der Waals surface area contributed by atoms with Gasteiger partial charge in [0.15, 0.2) is 0 Å². The predicted octanol–water partition coefficient (Wildman–Crippen LogP) is 0.840. The van der Waals surface area contributed by atoms with Crippen molar-refractivity contribution < 1.29 is 14.7 Å². The van der Waals surface area contributed by atoms with Crippen molar-refractivity contribution in [2.24, 2.45) is 0 Å². The van der Waals surface area contributed by atoms with Gasteiger partial charge in [-0.25, -0.2) is 9.36 Å². The first-order valence-corrected chi connectivity index (χ1v) is 7.21. The Labute approximate surface area is 133 Å². The normalized spacial score (nSPS) is 15.8. The summed E-state index contributed by atoms with van der Waals surface area (Å²) in [4.78, 5) is 31.4. The van der Waals surface area contributed by atoms with Gasteiger partial charge in [-0.3, -0.25) is 14.7 Å². The molecule has 0 spiro atoms. The molecule has 2 aromatic heterocycles. The molecule has 7 heteroatoms. The molecule has 1 saturated heterocycles. The number of hydrogen-bond acceptors (Lipinski definition) is 4. The summed E-state index contributed by atoms with van der Waals surface area (Å²) in [6.07, 6.45) is 7.37. The number of piperazine rings is 1. The van der Waals surface area contributed by atoms with Crippen LogP contribution in [0.5, 0.6) is 0 Å². The van der Waals surface area contributed by atoms with Crippen molar-refractivity contribution >= 4 is 22.9 Å². The maximum Gasteiger partial charge on any atom is 0.416 e. The minimum Gasteiger partial charge on any atom is -0.464 e. The standard InChI is InChI=1S/C16H16N4O3/c1-2-5-18-6-7-19(15(21)11-18)10-13-8-12-9-17-4-3-14(12)20(13)16(22)23/h1,3-4,8-9H,5-7,10-11H2,(H,22,23). The molecule has 1 fully saturated rings. The number of pyridine rings is 1. The second-order valence-corrected chi connectivity index (χ2v) is 5.42. The van der Waals surface area contributed by atoms with Gasteiger partial charge < -0.3 is 10.0 Å². The molecule has 0 radical (unpaired) electrons. The molecule has 0 bridgehead atoms. The average molecular weight is 312 g/mol. The molecule has 0 unspecified atom stereocenters. The van der Waals surface area contributed by atoms with Crippen molar-refractivity contribution in [2.75, 3.05) is 26.2 Å². The molecule has 0 aliphatic carbocycles. The van der Waals surface area contributed by atoms with Gasteiger partial charge in [0.05, 0.1) is 25.2 Å². The number of carbonyl (C=O) groups excluding carboxylic acids is 1. The smallest absolute Gasteiger partial charge is 0.416 e. The Morgan fingerprint density at radius 1 is 1.43 bits per heavy atom. The average Bonchev–Trinajstić information content (AvgIpc) is 2.88. The molecule has 0 aromatic carbocycles. The Morgan fingerprint density at radius 2 is 2.26 bits per heavy atom. The van der Waals surface area contributed by atoms with E-state index in [4.69, 9.17) is 6.42 Å². The first-order valence-electron chi connectivity index (χ1n) is 7.21. The Bertz CT molecular complexity index is 805. The summed E-state index contributed by atoms with van der Waals surface area (Å²) >= 11 is 0. The topological polar surface area (TPSA) is 78.7 Å². The molecule has 1 amide bonds. The number of terminal acetylenes is 1. The molecular weight excluding hydrogens is 296 g/mol. The van der Waals surface area contributed by atoms with Crippen LogP contribution in [0.25, 0.3) is 10.9 Å². The lowest BCUT2D eigenvalue weighted by Gasteiger charge is -2.33. The number of fused-ring (bicyclic) bond motifs is 1. The van der Waals surface area contributed by atoms with Gasteiger partial charge in [-0.15, -0.1) is 6.42 Å². The van der Waals surface area contributed by atoms with Gasteiger partial charge in [0.1, 0.15) is 0 Å². The van der Waals surface area contributed by atoms with E-state index < -0.39 is 6.09 Å². The van der Waals surface area contributed by atoms with Crippen molar-refractivity contribution in [1.29, 1.82) is 0 Å². The maximum atomic E-state index is 12.2. The molecule has 7 nitrogen and oxygen atoms in total. The Morgan fingerprint density at radius 3 is 2.96 bits per heavy atom. The van der Waals surface area contributed by atoms with Crippen molar-refractivity contribution in [1.82, 2.24) is 19.4 Å². The maximum absolute atomic E-state index is 12.2. The largest absolute Gasteiger partial charge is 0.464 e. The number of nitrogens with zero attached hydrogens (tertiary/aromatic N) is 4. The lowest BCUT2D eigenvalue weighted by molar-refractivity contribution is -0.136. The van der Waals surface area contributed by atoms with Gasteiger partial charge in [0.2, 0.25) is 5.91 Å². The highest BCUT2D eigenvalue weighted by Gasteiger charge is 2.25. The third-order valence-corrected chi connectivity index (χ3v) is 3.93. The summed E-state index contributed by atoms with van der Waals surface area (Å²) in [7, 11) is 0. The van der Waals surface area contributed by atoms with E-state index in [9.17, 15) is 14.7 Å². The zero-order valence-electron chi connectivity index (χ0n) is 12.5. The lowest BCUT2D eigenvalue weighted by Crippen LogP contribution is -2.50. The van der Waals surface area contributed by atoms with Crippen LogP contribution in [0, 0.1) is 12.3 Å². The van der Waals surface area contributed by atoms with Crippen molar-refractivity contribution in [3.05, 3.63) is 30.2 Å². The van der Waals surface area contributed by atoms with E-state index in [1.165, 1.54) is 4.57 Å². The first kappa shape index (κ1) is 15.1. The Balaban J connectivity index is 1.85. The second-order valence-electron chi connectivity index (χ2n) is 5.42. The van der Waals surface area contributed by atoms with Crippen LogP contribution < -0.4 is 0 Å². The summed E-state index contributed by atoms with van der Waals surface area (Å²) < 4.78 is 1.21. The zero-order chi connectivity index (χ0) is 16.4. The fourth-order valence-electron chi connectivity index (χ4n) is 2.84. The van der Waals surface area contributed by atoms with Crippen LogP contribution in [-0.4, -0.2) is 62.6 Å². The third-order valence-electron chi connectivity index (χ3n) is 3.93. The van der Waals surface area contributed by atoms with Gasteiger partial charge in [-0.05, 0) is 12.1 Å². The number of aromatic nitrogens is 2. The van der Waals surface area contributed by atoms with E-state index in [1.54, 1.807) is 29.4 Å². The van der Waals surface area contributed by atoms with Crippen LogP contribution in [0.1, 0.15) is 5.69 Å². The fourth-order valence-corrected chi connectivity index (χ4v) is 2.84. The molecule has 118 valence electrons. The van der Waals surface area contributed by atoms with Crippen LogP contribution >= 0.6 is 0 Å². The molecular formula is C16H16N4O3. The molecule has 1 aliphatic heterocycles. The van der Waals surface area contributed by atoms with Crippen LogP contribution in [0.15, 0.2) is 24.5 Å². The number of carboxylic acid groups (broad SMARTS) is 1. The second kappa shape index (κ2) is 6.10. The van der Waals surface area contributed by atoms with Crippen LogP contribution in [0.4, 0.5) is 4.79 Å². The third kappa shape index (κ3) is 2.89. The predicted molar refractivity (Wildman–Crippen MR) is 83.8 cm³/mol. The van der Waals surface area contributed by atoms with E-state index in [-0.39, 0.29) is 19.0 Å². The summed E-state index contributed by atoms with van der Waals surface area (Å²) in [5.41, 5.74) is 1.13. The van der Waals surface area contributed by atoms with Crippen molar-refractivity contribution in [3.63, 3.8) is 0 Å². The van der Waals surface area contributed by atoms with Crippen molar-refractivity contribution in [2.45, 2.75) is 6.54 Å². The quantitative estimate of drug-likeness (QED) is 0.850. The van der Waals surface area contributed by atoms with Gasteiger partial charge in [0, 0.05) is 36.6 Å². The van der Waals surface area contributed by atoms with Gasteiger partial charge >= 0.3 is 6.09 Å². The molecule has 1 N–H and O–H groups in total. The van der Waals surface area contributed by atoms with Crippen molar-refractivity contribution in [3.8, 4) is 12.3 Å². The van der Waals surface area contributed by atoms with Crippen LogP contribution in [0.3, 0.4) is 0 Å². The Hall–Kier alpha value is -2.85. The molecule has 0 atom stereocenters. The minimum absolute atomic E-state index is 0.0492. The monoisotopic (exact) mass is 312 g/mol. The SMILES string of the molecule is C#CCN1CCN(Cc2cc3cnccc3n2C(=O)O)C(=O)C1. The molecule has 1 aliphatic rings. The van der Waals surface area contributed by atoms with Gasteiger partial charge in [-0.1, -0.05) is 5.92 Å². The molecule has 3 rings (SSSR count). The zero-order valence-corrected chi connectivity index (χ0v) is 12.5. The molecule has 0 saturated carbocycles. The summed E-state index contributed by atoms with van der Waals surface area (Å²) in [5, 5.41) is 10.2. The molecule has 23 heavy (non-hydrogen) atoms. The van der Waals surface area contributed by atoms with Gasteiger partial charge in [-0.2, -0.15) is 0 Å². The van der Waals surface area contributed by atoms with Crippen LogP contribution in [-0.2, 0) is 11.3 Å². The van der Waals surface area contributed by atoms with E-state index in [0.717, 1.165) is 5.39 Å². The van der Waals surface area contributed by atoms with Crippen LogP contribution in [0.2, 0.25) is 0 Å². The fraction of sp³-hybridized carbons (Fsp3) is 0.312. The molecule has 3 heterocycles. The van der Waals surface area contributed by atoms with E-state index in [0.29, 0.717) is 30.8 Å². The summed E-state index contributed by atoms with van der Waals surface area (Å²) in [6.45, 7) is 2.17. The Kier molecular flexibility index (Phi) is 4.00.